The second kappa shape index (κ2) is 18.9. The van der Waals surface area contributed by atoms with Crippen LogP contribution in [0.3, 0.4) is 0 Å². The summed E-state index contributed by atoms with van der Waals surface area (Å²) in [6.45, 7) is 16.7. The number of benzene rings is 3. The summed E-state index contributed by atoms with van der Waals surface area (Å²) in [4.78, 5) is 71.9. The highest BCUT2D eigenvalue weighted by atomic mass is 16.7. The molecular formula is C48H57N3O14. The van der Waals surface area contributed by atoms with E-state index in [1.54, 1.807) is 18.2 Å². The van der Waals surface area contributed by atoms with E-state index in [1.165, 1.54) is 66.2 Å². The first-order valence-electron chi connectivity index (χ1n) is 21.4. The van der Waals surface area contributed by atoms with E-state index in [1.807, 2.05) is 34.6 Å². The number of nitrogens with zero attached hydrogens (tertiary/aromatic N) is 1. The standard InChI is InChI=1S/C48H57N3O14/c1-21-13-12-14-22(2)47(59)51-39-42(57)35-34(38-45(39)64-33-20-30(19-31(54)37(33)50-38)61-18-16-49-28(8)52)36-44(27(7)41(35)56)65-48(10,46(36)58)62-17-15-32(60-11)26(6)43(63-29(9)53)25(5)23(3)24(4)40(21)55/h12-15,17,19-21,23-26,32,40,43,54-56H,16,18H2,1-11H3,(H,49,52)(H,51,59)/b13-12+,17-15+,22-14-/t21-,23+,24-,25+,26+,32-,40-,43-,48-/m0/s1. The Morgan fingerprint density at radius 3 is 2.34 bits per heavy atom. The number of aromatic nitrogens is 1. The number of methoxy groups -OCH3 is 1. The van der Waals surface area contributed by atoms with E-state index in [9.17, 15) is 39.3 Å². The number of hydrogen-bond donors (Lipinski definition) is 5. The number of nitrogens with one attached hydrogen (secondary N) is 2. The monoisotopic (exact) mass is 899 g/mol. The summed E-state index contributed by atoms with van der Waals surface area (Å²) in [5, 5.41) is 39.2. The minimum atomic E-state index is -2.07. The van der Waals surface area contributed by atoms with Crippen molar-refractivity contribution >= 4 is 51.1 Å². The van der Waals surface area contributed by atoms with E-state index < -0.39 is 70.3 Å². The number of phenols is 2. The molecule has 65 heavy (non-hydrogen) atoms. The molecule has 2 amide bonds. The molecule has 5 N–H and O–H groups in total. The van der Waals surface area contributed by atoms with Crippen molar-refractivity contribution < 1.29 is 62.6 Å². The van der Waals surface area contributed by atoms with E-state index in [-0.39, 0.29) is 104 Å². The number of carbonyl (C=O) groups excluding carboxylic acids is 4. The number of ether oxygens (including phenoxy) is 5. The maximum atomic E-state index is 14.7. The summed E-state index contributed by atoms with van der Waals surface area (Å²) >= 11 is 0. The molecule has 0 saturated heterocycles. The van der Waals surface area contributed by atoms with Gasteiger partial charge in [-0.15, -0.1) is 0 Å². The zero-order valence-corrected chi connectivity index (χ0v) is 38.4. The molecule has 17 heteroatoms. The number of fused-ring (bicyclic) bond motifs is 2. The van der Waals surface area contributed by atoms with Gasteiger partial charge in [0.05, 0.1) is 36.0 Å². The average molecular weight is 900 g/mol. The Labute approximate surface area is 375 Å². The fraction of sp³-hybridized carbons (Fsp3) is 0.458. The fourth-order valence-corrected chi connectivity index (χ4v) is 8.56. The van der Waals surface area contributed by atoms with E-state index in [4.69, 9.17) is 33.1 Å². The molecule has 2 aromatic rings. The molecule has 0 spiro atoms. The van der Waals surface area contributed by atoms with E-state index >= 15 is 0 Å². The molecule has 2 aromatic carbocycles. The zero-order valence-electron chi connectivity index (χ0n) is 38.4. The van der Waals surface area contributed by atoms with Crippen LogP contribution in [0, 0.1) is 36.5 Å². The number of Topliss-reactive ketones (excluding diaryl/α,β-unsaturated/α-hetero) is 1. The number of ketones is 1. The smallest absolute Gasteiger partial charge is 0.312 e. The van der Waals surface area contributed by atoms with E-state index in [0.29, 0.717) is 0 Å². The van der Waals surface area contributed by atoms with Crippen molar-refractivity contribution in [1.29, 1.82) is 0 Å². The predicted octanol–water partition coefficient (Wildman–Crippen LogP) is 6.44. The molecule has 0 fully saturated rings. The number of phenolic OH excluding ortho intramolecular Hbond substituents is 2. The lowest BCUT2D eigenvalue weighted by molar-refractivity contribution is -0.157. The number of anilines is 1. The van der Waals surface area contributed by atoms with E-state index in [2.05, 4.69) is 10.6 Å². The number of rotatable bonds is 6. The lowest BCUT2D eigenvalue weighted by Gasteiger charge is -2.39. The predicted molar refractivity (Wildman–Crippen MR) is 240 cm³/mol. The molecule has 0 saturated carbocycles. The highest BCUT2D eigenvalue weighted by Crippen LogP contribution is 2.51. The Balaban J connectivity index is 1.58. The molecule has 4 bridgehead atoms. The highest BCUT2D eigenvalue weighted by Gasteiger charge is 2.50. The van der Waals surface area contributed by atoms with Gasteiger partial charge in [0, 0.05) is 68.4 Å². The highest BCUT2D eigenvalue weighted by molar-refractivity contribution is 6.22. The summed E-state index contributed by atoms with van der Waals surface area (Å²) < 4.78 is 36.1. The third kappa shape index (κ3) is 9.25. The Morgan fingerprint density at radius 1 is 0.969 bits per heavy atom. The molecular weight excluding hydrogens is 843 g/mol. The minimum absolute atomic E-state index is 0.0144. The molecule has 0 radical (unpaired) electrons. The number of allylic oxidation sites excluding steroid dienone is 2. The van der Waals surface area contributed by atoms with Crippen LogP contribution in [0.15, 0.2) is 57.5 Å². The molecule has 17 nitrogen and oxygen atoms in total. The third-order valence-electron chi connectivity index (χ3n) is 12.7. The van der Waals surface area contributed by atoms with Crippen LogP contribution in [-0.2, 0) is 28.6 Å². The molecule has 3 heterocycles. The Hall–Kier alpha value is -6.46. The Bertz CT molecular complexity index is 2670. The van der Waals surface area contributed by atoms with Gasteiger partial charge in [-0.1, -0.05) is 52.8 Å². The van der Waals surface area contributed by atoms with Crippen LogP contribution in [0.25, 0.3) is 33.3 Å². The first kappa shape index (κ1) is 48.0. The Kier molecular flexibility index (Phi) is 14.0. The summed E-state index contributed by atoms with van der Waals surface area (Å²) in [5.41, 5.74) is -1.77. The molecule has 0 unspecified atom stereocenters. The normalized spacial score (nSPS) is 28.3. The maximum absolute atomic E-state index is 14.7. The lowest BCUT2D eigenvalue weighted by atomic mass is 9.73. The first-order chi connectivity index (χ1) is 30.6. The van der Waals surface area contributed by atoms with Crippen LogP contribution in [-0.4, -0.2) is 88.2 Å². The number of carbonyl (C=O) groups is 4. The topological polar surface area (TPSA) is 242 Å². The first-order valence-corrected chi connectivity index (χ1v) is 21.4. The SMILES string of the molecule is CO[C@H]1/C=C/O[C@@]2(C)Oc3c(C)c(O)c4c(=O)c(c5oc6cc(OCCNC(C)=O)cc(O)c6nc-5c4c3C2=O)NC(=O)/C(C)=C\C=C\[C@H](C)[C@H](O)[C@@H](C)[C@@H](C)[C@@H](C)[C@H](OC(C)=O)[C@@H]1C. The second-order valence-electron chi connectivity index (χ2n) is 17.2. The van der Waals surface area contributed by atoms with Gasteiger partial charge in [0.15, 0.2) is 11.3 Å². The molecule has 4 aliphatic rings. The third-order valence-corrected chi connectivity index (χ3v) is 12.7. The second-order valence-corrected chi connectivity index (χ2v) is 17.2. The van der Waals surface area contributed by atoms with Gasteiger partial charge in [-0.25, -0.2) is 4.98 Å². The van der Waals surface area contributed by atoms with Gasteiger partial charge in [0.2, 0.25) is 11.3 Å². The van der Waals surface area contributed by atoms with Gasteiger partial charge in [-0.05, 0) is 37.7 Å². The molecule has 348 valence electrons. The molecule has 9 atom stereocenters. The quantitative estimate of drug-likeness (QED) is 0.0605. The summed E-state index contributed by atoms with van der Waals surface area (Å²) in [7, 11) is 1.48. The minimum Gasteiger partial charge on any atom is -0.507 e. The van der Waals surface area contributed by atoms with Crippen molar-refractivity contribution in [2.45, 2.75) is 93.3 Å². The number of amides is 2. The lowest BCUT2D eigenvalue weighted by Crippen LogP contribution is -2.43. The number of hydrogen-bond acceptors (Lipinski definition) is 15. The largest absolute Gasteiger partial charge is 0.507 e. The number of aliphatic hydroxyl groups is 1. The van der Waals surface area contributed by atoms with Crippen LogP contribution in [0.1, 0.15) is 78.2 Å². The van der Waals surface area contributed by atoms with Crippen LogP contribution < -0.4 is 25.5 Å². The van der Waals surface area contributed by atoms with Crippen LogP contribution in [0.2, 0.25) is 0 Å². The maximum Gasteiger partial charge on any atom is 0.312 e. The molecule has 0 aromatic heterocycles. The number of esters is 1. The van der Waals surface area contributed by atoms with Crippen LogP contribution in [0.5, 0.6) is 23.0 Å². The summed E-state index contributed by atoms with van der Waals surface area (Å²) in [5.74, 6) is -7.21. The van der Waals surface area contributed by atoms with Crippen LogP contribution >= 0.6 is 0 Å². The fourth-order valence-electron chi connectivity index (χ4n) is 8.56. The molecule has 1 aliphatic carbocycles. The summed E-state index contributed by atoms with van der Waals surface area (Å²) in [6.07, 6.45) is 5.42. The summed E-state index contributed by atoms with van der Waals surface area (Å²) in [6, 6.07) is 2.66. The number of aliphatic hydroxyl groups excluding tert-OH is 1. The van der Waals surface area contributed by atoms with Crippen molar-refractivity contribution in [3.63, 3.8) is 0 Å². The van der Waals surface area contributed by atoms with Crippen molar-refractivity contribution in [3.05, 3.63) is 69.6 Å². The van der Waals surface area contributed by atoms with Crippen molar-refractivity contribution in [2.75, 3.05) is 25.6 Å². The van der Waals surface area contributed by atoms with Crippen molar-refractivity contribution in [2.24, 2.45) is 29.6 Å². The van der Waals surface area contributed by atoms with Gasteiger partial charge in [-0.2, -0.15) is 0 Å². The van der Waals surface area contributed by atoms with E-state index in [0.717, 1.165) is 0 Å². The molecule has 6 rings (SSSR count). The Morgan fingerprint density at radius 2 is 1.68 bits per heavy atom. The molecule has 3 aliphatic heterocycles. The van der Waals surface area contributed by atoms with Gasteiger partial charge < -0.3 is 54.1 Å². The van der Waals surface area contributed by atoms with Gasteiger partial charge in [-0.3, -0.25) is 24.0 Å². The van der Waals surface area contributed by atoms with Crippen molar-refractivity contribution in [1.82, 2.24) is 10.3 Å². The number of aromatic hydroxyl groups is 2. The van der Waals surface area contributed by atoms with Crippen LogP contribution in [0.4, 0.5) is 5.69 Å². The van der Waals surface area contributed by atoms with Crippen molar-refractivity contribution in [3.8, 4) is 34.5 Å². The zero-order chi connectivity index (χ0) is 47.8. The van der Waals surface area contributed by atoms with Gasteiger partial charge in [0.1, 0.15) is 52.6 Å². The van der Waals surface area contributed by atoms with Gasteiger partial charge in [0.25, 0.3) is 11.7 Å². The van der Waals surface area contributed by atoms with Gasteiger partial charge >= 0.3 is 11.8 Å². The average Bonchev–Trinajstić information content (AvgIpc) is 3.52.